The molecule has 0 aliphatic rings. The number of nitrogens with one attached hydrogen (secondary N) is 1. The molecule has 3 heteroatoms. The van der Waals surface area contributed by atoms with Crippen LogP contribution in [-0.2, 0) is 13.1 Å². The van der Waals surface area contributed by atoms with Gasteiger partial charge in [-0.2, -0.15) is 0 Å². The summed E-state index contributed by atoms with van der Waals surface area (Å²) in [5.74, 6) is 0.723. The maximum absolute atomic E-state index is 3.52. The fourth-order valence-electron chi connectivity index (χ4n) is 2.00. The van der Waals surface area contributed by atoms with E-state index in [0.717, 1.165) is 38.6 Å². The van der Waals surface area contributed by atoms with E-state index in [4.69, 9.17) is 0 Å². The van der Waals surface area contributed by atoms with Crippen LogP contribution in [0.4, 0.5) is 0 Å². The third-order valence-electron chi connectivity index (χ3n) is 3.21. The molecule has 1 rings (SSSR count). The maximum atomic E-state index is 3.52. The predicted molar refractivity (Wildman–Crippen MR) is 82.2 cm³/mol. The SMILES string of the molecule is CCN(CC)Cc1cc(CNCC(C)C)sc1C. The van der Waals surface area contributed by atoms with Gasteiger partial charge in [0.2, 0.25) is 0 Å². The molecule has 0 aromatic carbocycles. The predicted octanol–water partition coefficient (Wildman–Crippen LogP) is 3.64. The summed E-state index contributed by atoms with van der Waals surface area (Å²) in [6, 6.07) is 2.38. The van der Waals surface area contributed by atoms with Crippen molar-refractivity contribution in [2.45, 2.75) is 47.7 Å². The van der Waals surface area contributed by atoms with Gasteiger partial charge in [0, 0.05) is 22.8 Å². The second kappa shape index (κ2) is 7.93. The molecular weight excluding hydrogens is 240 g/mol. The van der Waals surface area contributed by atoms with Gasteiger partial charge < -0.3 is 5.32 Å². The minimum Gasteiger partial charge on any atom is -0.312 e. The summed E-state index contributed by atoms with van der Waals surface area (Å²) in [4.78, 5) is 5.42. The summed E-state index contributed by atoms with van der Waals surface area (Å²) in [5, 5.41) is 3.52. The van der Waals surface area contributed by atoms with E-state index in [1.165, 1.54) is 15.3 Å². The van der Waals surface area contributed by atoms with Gasteiger partial charge >= 0.3 is 0 Å². The zero-order chi connectivity index (χ0) is 13.5. The summed E-state index contributed by atoms with van der Waals surface area (Å²) in [6.45, 7) is 16.7. The third-order valence-corrected chi connectivity index (χ3v) is 4.30. The monoisotopic (exact) mass is 268 g/mol. The second-order valence-electron chi connectivity index (χ2n) is 5.28. The van der Waals surface area contributed by atoms with Gasteiger partial charge in [0.25, 0.3) is 0 Å². The molecule has 0 saturated heterocycles. The van der Waals surface area contributed by atoms with Crippen molar-refractivity contribution in [3.05, 3.63) is 21.4 Å². The number of hydrogen-bond donors (Lipinski definition) is 1. The Kier molecular flexibility index (Phi) is 6.90. The van der Waals surface area contributed by atoms with E-state index in [-0.39, 0.29) is 0 Å². The van der Waals surface area contributed by atoms with Gasteiger partial charge in [-0.25, -0.2) is 0 Å². The molecule has 0 aliphatic heterocycles. The van der Waals surface area contributed by atoms with Crippen molar-refractivity contribution in [3.8, 4) is 0 Å². The number of thiophene rings is 1. The lowest BCUT2D eigenvalue weighted by Gasteiger charge is -2.17. The normalized spacial score (nSPS) is 11.7. The molecule has 0 radical (unpaired) electrons. The number of nitrogens with zero attached hydrogens (tertiary/aromatic N) is 1. The van der Waals surface area contributed by atoms with Crippen molar-refractivity contribution in [1.82, 2.24) is 10.2 Å². The molecule has 0 bridgehead atoms. The minimum atomic E-state index is 0.723. The smallest absolute Gasteiger partial charge is 0.0300 e. The van der Waals surface area contributed by atoms with Crippen molar-refractivity contribution in [1.29, 1.82) is 0 Å². The molecule has 0 fully saturated rings. The number of rotatable bonds is 8. The molecule has 0 unspecified atom stereocenters. The van der Waals surface area contributed by atoms with Crippen molar-refractivity contribution in [3.63, 3.8) is 0 Å². The third kappa shape index (κ3) is 5.09. The second-order valence-corrected chi connectivity index (χ2v) is 6.62. The van der Waals surface area contributed by atoms with Gasteiger partial charge in [-0.1, -0.05) is 27.7 Å². The Labute approximate surface area is 116 Å². The summed E-state index contributed by atoms with van der Waals surface area (Å²) in [6.07, 6.45) is 0. The first-order valence-corrected chi connectivity index (χ1v) is 7.89. The molecule has 0 saturated carbocycles. The molecule has 1 heterocycles. The van der Waals surface area contributed by atoms with E-state index in [1.54, 1.807) is 0 Å². The van der Waals surface area contributed by atoms with E-state index in [2.05, 4.69) is 50.9 Å². The Morgan fingerprint density at radius 3 is 2.50 bits per heavy atom. The number of aryl methyl sites for hydroxylation is 1. The van der Waals surface area contributed by atoms with Gasteiger partial charge in [-0.3, -0.25) is 4.90 Å². The highest BCUT2D eigenvalue weighted by molar-refractivity contribution is 7.12. The molecule has 104 valence electrons. The highest BCUT2D eigenvalue weighted by atomic mass is 32.1. The van der Waals surface area contributed by atoms with Crippen LogP contribution >= 0.6 is 11.3 Å². The van der Waals surface area contributed by atoms with Crippen LogP contribution in [0.25, 0.3) is 0 Å². The maximum Gasteiger partial charge on any atom is 0.0300 e. The summed E-state index contributed by atoms with van der Waals surface area (Å²) in [7, 11) is 0. The largest absolute Gasteiger partial charge is 0.312 e. The van der Waals surface area contributed by atoms with Crippen LogP contribution < -0.4 is 5.32 Å². The molecule has 1 N–H and O–H groups in total. The highest BCUT2D eigenvalue weighted by Gasteiger charge is 2.08. The molecule has 0 amide bonds. The average molecular weight is 268 g/mol. The van der Waals surface area contributed by atoms with E-state index in [1.807, 2.05) is 11.3 Å². The van der Waals surface area contributed by atoms with Gasteiger partial charge in [0.05, 0.1) is 0 Å². The Morgan fingerprint density at radius 1 is 1.28 bits per heavy atom. The summed E-state index contributed by atoms with van der Waals surface area (Å²) in [5.41, 5.74) is 1.50. The molecule has 1 aromatic rings. The van der Waals surface area contributed by atoms with Crippen LogP contribution in [0, 0.1) is 12.8 Å². The fraction of sp³-hybridized carbons (Fsp3) is 0.733. The van der Waals surface area contributed by atoms with E-state index in [9.17, 15) is 0 Å². The highest BCUT2D eigenvalue weighted by Crippen LogP contribution is 2.22. The first-order chi connectivity index (χ1) is 8.56. The Hall–Kier alpha value is -0.380. The lowest BCUT2D eigenvalue weighted by molar-refractivity contribution is 0.295. The minimum absolute atomic E-state index is 0.723. The van der Waals surface area contributed by atoms with Crippen LogP contribution in [0.2, 0.25) is 0 Å². The van der Waals surface area contributed by atoms with Gasteiger partial charge in [0.1, 0.15) is 0 Å². The van der Waals surface area contributed by atoms with Gasteiger partial charge in [0.15, 0.2) is 0 Å². The molecule has 2 nitrogen and oxygen atoms in total. The van der Waals surface area contributed by atoms with E-state index < -0.39 is 0 Å². The van der Waals surface area contributed by atoms with Crippen molar-refractivity contribution >= 4 is 11.3 Å². The molecule has 0 atom stereocenters. The van der Waals surface area contributed by atoms with Crippen molar-refractivity contribution < 1.29 is 0 Å². The quantitative estimate of drug-likeness (QED) is 0.774. The van der Waals surface area contributed by atoms with Gasteiger partial charge in [-0.15, -0.1) is 11.3 Å². The molecule has 1 aromatic heterocycles. The molecular formula is C15H28N2S. The van der Waals surface area contributed by atoms with Crippen LogP contribution in [0.3, 0.4) is 0 Å². The lowest BCUT2D eigenvalue weighted by Crippen LogP contribution is -2.22. The van der Waals surface area contributed by atoms with E-state index >= 15 is 0 Å². The molecule has 0 aliphatic carbocycles. The Balaban J connectivity index is 2.53. The Morgan fingerprint density at radius 2 is 1.94 bits per heavy atom. The summed E-state index contributed by atoms with van der Waals surface area (Å²) < 4.78 is 0. The van der Waals surface area contributed by atoms with Crippen LogP contribution in [0.15, 0.2) is 6.07 Å². The zero-order valence-corrected chi connectivity index (χ0v) is 13.4. The zero-order valence-electron chi connectivity index (χ0n) is 12.5. The lowest BCUT2D eigenvalue weighted by atomic mass is 10.2. The van der Waals surface area contributed by atoms with Crippen LogP contribution in [0.1, 0.15) is 43.0 Å². The summed E-state index contributed by atoms with van der Waals surface area (Å²) >= 11 is 1.94. The topological polar surface area (TPSA) is 15.3 Å². The van der Waals surface area contributed by atoms with E-state index in [0.29, 0.717) is 0 Å². The standard InChI is InChI=1S/C15H28N2S/c1-6-17(7-2)11-14-8-15(18-13(14)5)10-16-9-12(3)4/h8,12,16H,6-7,9-11H2,1-5H3. The first kappa shape index (κ1) is 15.7. The average Bonchev–Trinajstić information content (AvgIpc) is 2.66. The van der Waals surface area contributed by atoms with Gasteiger partial charge in [-0.05, 0) is 44.1 Å². The fourth-order valence-corrected chi connectivity index (χ4v) is 3.03. The van der Waals surface area contributed by atoms with Crippen molar-refractivity contribution in [2.24, 2.45) is 5.92 Å². The molecule has 0 spiro atoms. The number of hydrogen-bond acceptors (Lipinski definition) is 3. The van der Waals surface area contributed by atoms with Crippen LogP contribution in [-0.4, -0.2) is 24.5 Å². The van der Waals surface area contributed by atoms with Crippen LogP contribution in [0.5, 0.6) is 0 Å². The molecule has 18 heavy (non-hydrogen) atoms. The Bertz CT molecular complexity index is 340. The van der Waals surface area contributed by atoms with Crippen molar-refractivity contribution in [2.75, 3.05) is 19.6 Å². The first-order valence-electron chi connectivity index (χ1n) is 7.08.